The molecule has 4 fully saturated rings. The topological polar surface area (TPSA) is 62.3 Å². The summed E-state index contributed by atoms with van der Waals surface area (Å²) in [6, 6.07) is 1.000. The van der Waals surface area contributed by atoms with Crippen LogP contribution in [0.5, 0.6) is 0 Å². The molecule has 7 nitrogen and oxygen atoms in total. The predicted molar refractivity (Wildman–Crippen MR) is 91.3 cm³/mol. The highest BCUT2D eigenvalue weighted by molar-refractivity contribution is 5.69. The molecule has 4 rings (SSSR count). The van der Waals surface area contributed by atoms with Crippen LogP contribution in [0.2, 0.25) is 0 Å². The number of hydrogen-bond acceptors (Lipinski definition) is 5. The maximum Gasteiger partial charge on any atom is 0.410 e. The number of carbonyl (C=O) groups excluding carboxylic acids is 2. The molecule has 0 atom stereocenters. The van der Waals surface area contributed by atoms with Gasteiger partial charge in [-0.1, -0.05) is 0 Å². The third-order valence-corrected chi connectivity index (χ3v) is 6.55. The highest BCUT2D eigenvalue weighted by atomic mass is 16.6. The number of hydrogen-bond donors (Lipinski definition) is 0. The van der Waals surface area contributed by atoms with E-state index in [2.05, 4.69) is 4.90 Å². The lowest BCUT2D eigenvalue weighted by molar-refractivity contribution is -0.0119. The predicted octanol–water partition coefficient (Wildman–Crippen LogP) is 1.91. The van der Waals surface area contributed by atoms with Crippen molar-refractivity contribution in [3.8, 4) is 0 Å². The van der Waals surface area contributed by atoms with Crippen molar-refractivity contribution in [3.63, 3.8) is 0 Å². The number of cyclic esters (lactones) is 1. The van der Waals surface area contributed by atoms with Gasteiger partial charge in [-0.2, -0.15) is 0 Å². The molecule has 7 heteroatoms. The van der Waals surface area contributed by atoms with Crippen LogP contribution in [0.3, 0.4) is 0 Å². The number of ether oxygens (including phenoxy) is 2. The summed E-state index contributed by atoms with van der Waals surface area (Å²) in [6.07, 6.45) is 5.31. The summed E-state index contributed by atoms with van der Waals surface area (Å²) in [7, 11) is 0. The van der Waals surface area contributed by atoms with Crippen LogP contribution >= 0.6 is 0 Å². The Kier molecular flexibility index (Phi) is 4.52. The molecule has 140 valence electrons. The zero-order valence-corrected chi connectivity index (χ0v) is 15.1. The molecule has 0 N–H and O–H groups in total. The summed E-state index contributed by atoms with van der Waals surface area (Å²) in [6.45, 7) is 7.43. The van der Waals surface area contributed by atoms with Crippen LogP contribution in [0.1, 0.15) is 39.0 Å². The molecule has 0 bridgehead atoms. The molecule has 0 unspecified atom stereocenters. The van der Waals surface area contributed by atoms with Crippen LogP contribution in [0.4, 0.5) is 9.59 Å². The largest absolute Gasteiger partial charge is 0.450 e. The van der Waals surface area contributed by atoms with Crippen LogP contribution in [-0.2, 0) is 9.47 Å². The molecule has 1 aliphatic carbocycles. The molecule has 3 aliphatic heterocycles. The summed E-state index contributed by atoms with van der Waals surface area (Å²) in [5.41, 5.74) is 0.326. The normalized spacial score (nSPS) is 33.6. The van der Waals surface area contributed by atoms with Gasteiger partial charge in [0.1, 0.15) is 6.61 Å². The Morgan fingerprint density at radius 3 is 2.60 bits per heavy atom. The van der Waals surface area contributed by atoms with Gasteiger partial charge in [-0.25, -0.2) is 9.59 Å². The van der Waals surface area contributed by atoms with E-state index in [-0.39, 0.29) is 12.2 Å². The Hall–Kier alpha value is -1.50. The average Bonchev–Trinajstić information content (AvgIpc) is 3.21. The third kappa shape index (κ3) is 3.18. The number of nitrogens with zero attached hydrogens (tertiary/aromatic N) is 3. The van der Waals surface area contributed by atoms with Crippen LogP contribution < -0.4 is 0 Å². The van der Waals surface area contributed by atoms with Crippen molar-refractivity contribution >= 4 is 12.2 Å². The maximum atomic E-state index is 11.9. The molecular formula is C18H29N3O4. The smallest absolute Gasteiger partial charge is 0.410 e. The number of rotatable bonds is 3. The summed E-state index contributed by atoms with van der Waals surface area (Å²) in [5.74, 6) is 0. The quantitative estimate of drug-likeness (QED) is 0.777. The second-order valence-corrected chi connectivity index (χ2v) is 8.01. The minimum atomic E-state index is -0.152. The molecule has 1 spiro atoms. The zero-order chi connectivity index (χ0) is 17.4. The molecule has 25 heavy (non-hydrogen) atoms. The fraction of sp³-hybridized carbons (Fsp3) is 0.889. The Labute approximate surface area is 149 Å². The molecule has 0 aromatic rings. The fourth-order valence-corrected chi connectivity index (χ4v) is 5.14. The van der Waals surface area contributed by atoms with Crippen LogP contribution in [-0.4, -0.2) is 84.9 Å². The molecule has 4 aliphatic rings. The summed E-state index contributed by atoms with van der Waals surface area (Å²) in [4.78, 5) is 30.0. The molecule has 0 aromatic carbocycles. The fourth-order valence-electron chi connectivity index (χ4n) is 5.14. The van der Waals surface area contributed by atoms with Gasteiger partial charge in [0.05, 0.1) is 13.2 Å². The van der Waals surface area contributed by atoms with Gasteiger partial charge >= 0.3 is 12.2 Å². The second-order valence-electron chi connectivity index (χ2n) is 8.01. The minimum absolute atomic E-state index is 0.133. The van der Waals surface area contributed by atoms with E-state index < -0.39 is 0 Å². The monoisotopic (exact) mass is 351 g/mol. The second kappa shape index (κ2) is 6.67. The van der Waals surface area contributed by atoms with Gasteiger partial charge in [0.2, 0.25) is 0 Å². The van der Waals surface area contributed by atoms with E-state index in [0.717, 1.165) is 52.0 Å². The Bertz CT molecular complexity index is 526. The third-order valence-electron chi connectivity index (χ3n) is 6.55. The standard InChI is InChI=1S/C18H29N3O4/c1-2-24-16(22)20-8-5-18(13-20)11-15(12-18)19-6-3-14(4-7-19)21-9-10-25-17(21)23/h14-15H,2-13H2,1H3. The number of carbonyl (C=O) groups is 2. The first-order valence-electron chi connectivity index (χ1n) is 9.69. The summed E-state index contributed by atoms with van der Waals surface area (Å²) >= 11 is 0. The van der Waals surface area contributed by atoms with Gasteiger partial charge in [0.15, 0.2) is 0 Å². The number of likely N-dealkylation sites (tertiary alicyclic amines) is 2. The number of piperidine rings is 1. The molecule has 1 saturated carbocycles. The lowest BCUT2D eigenvalue weighted by atomic mass is 9.64. The average molecular weight is 351 g/mol. The molecule has 0 aromatic heterocycles. The van der Waals surface area contributed by atoms with Crippen molar-refractivity contribution < 1.29 is 19.1 Å². The first kappa shape index (κ1) is 16.9. The maximum absolute atomic E-state index is 11.9. The van der Waals surface area contributed by atoms with E-state index >= 15 is 0 Å². The SMILES string of the molecule is CCOC(=O)N1CCC2(CC(N3CCC(N4CCOC4=O)CC3)C2)C1. The van der Waals surface area contributed by atoms with Crippen molar-refractivity contribution in [1.82, 2.24) is 14.7 Å². The zero-order valence-electron chi connectivity index (χ0n) is 15.1. The van der Waals surface area contributed by atoms with E-state index in [1.165, 1.54) is 12.8 Å². The Morgan fingerprint density at radius 1 is 1.20 bits per heavy atom. The minimum Gasteiger partial charge on any atom is -0.450 e. The summed E-state index contributed by atoms with van der Waals surface area (Å²) in [5, 5.41) is 0. The van der Waals surface area contributed by atoms with Crippen molar-refractivity contribution in [1.29, 1.82) is 0 Å². The van der Waals surface area contributed by atoms with Crippen molar-refractivity contribution in [2.75, 3.05) is 45.9 Å². The molecular weight excluding hydrogens is 322 g/mol. The highest BCUT2D eigenvalue weighted by Gasteiger charge is 2.51. The van der Waals surface area contributed by atoms with Crippen LogP contribution in [0.15, 0.2) is 0 Å². The van der Waals surface area contributed by atoms with E-state index in [4.69, 9.17) is 9.47 Å². The van der Waals surface area contributed by atoms with Gasteiger partial charge in [-0.05, 0) is 44.4 Å². The van der Waals surface area contributed by atoms with Gasteiger partial charge in [-0.3, -0.25) is 0 Å². The highest BCUT2D eigenvalue weighted by Crippen LogP contribution is 2.50. The molecule has 2 amide bonds. The first-order valence-corrected chi connectivity index (χ1v) is 9.69. The van der Waals surface area contributed by atoms with Crippen molar-refractivity contribution in [3.05, 3.63) is 0 Å². The Balaban J connectivity index is 1.23. The van der Waals surface area contributed by atoms with Gasteiger partial charge < -0.3 is 24.2 Å². The van der Waals surface area contributed by atoms with Gasteiger partial charge in [0.25, 0.3) is 0 Å². The molecule has 0 radical (unpaired) electrons. The number of amides is 2. The van der Waals surface area contributed by atoms with Gasteiger partial charge in [0, 0.05) is 38.3 Å². The van der Waals surface area contributed by atoms with Crippen LogP contribution in [0, 0.1) is 5.41 Å². The van der Waals surface area contributed by atoms with E-state index in [9.17, 15) is 9.59 Å². The summed E-state index contributed by atoms with van der Waals surface area (Å²) < 4.78 is 10.2. The molecule has 3 heterocycles. The van der Waals surface area contributed by atoms with Crippen molar-refractivity contribution in [2.24, 2.45) is 5.41 Å². The van der Waals surface area contributed by atoms with E-state index in [0.29, 0.717) is 30.7 Å². The van der Waals surface area contributed by atoms with E-state index in [1.807, 2.05) is 16.7 Å². The van der Waals surface area contributed by atoms with Crippen LogP contribution in [0.25, 0.3) is 0 Å². The van der Waals surface area contributed by atoms with Gasteiger partial charge in [-0.15, -0.1) is 0 Å². The van der Waals surface area contributed by atoms with Crippen molar-refractivity contribution in [2.45, 2.75) is 51.1 Å². The lowest BCUT2D eigenvalue weighted by Gasteiger charge is -2.52. The lowest BCUT2D eigenvalue weighted by Crippen LogP contribution is -2.56. The Morgan fingerprint density at radius 2 is 1.96 bits per heavy atom. The first-order chi connectivity index (χ1) is 12.1. The van der Waals surface area contributed by atoms with E-state index in [1.54, 1.807) is 0 Å². The molecule has 3 saturated heterocycles.